The number of aldehydes is 1. The first-order chi connectivity index (χ1) is 7.74. The highest BCUT2D eigenvalue weighted by Gasteiger charge is 2.04. The molecule has 0 aliphatic carbocycles. The lowest BCUT2D eigenvalue weighted by molar-refractivity contribution is 0.112. The van der Waals surface area contributed by atoms with Gasteiger partial charge in [-0.2, -0.15) is 5.10 Å². The van der Waals surface area contributed by atoms with Gasteiger partial charge in [-0.15, -0.1) is 0 Å². The summed E-state index contributed by atoms with van der Waals surface area (Å²) in [6.45, 7) is 2.85. The lowest BCUT2D eigenvalue weighted by Gasteiger charge is -2.00. The Labute approximate surface area is 98.7 Å². The Balaban J connectivity index is 2.43. The number of nitrogens with zero attached hydrogens (tertiary/aromatic N) is 2. The van der Waals surface area contributed by atoms with Crippen LogP contribution >= 0.6 is 11.6 Å². The van der Waals surface area contributed by atoms with Gasteiger partial charge in [-0.05, 0) is 24.6 Å². The van der Waals surface area contributed by atoms with Gasteiger partial charge in [-0.1, -0.05) is 17.7 Å². The molecule has 3 nitrogen and oxygen atoms in total. The predicted molar refractivity (Wildman–Crippen MR) is 63.7 cm³/mol. The quantitative estimate of drug-likeness (QED) is 0.766. The maximum absolute atomic E-state index is 10.8. The molecule has 0 fully saturated rings. The Morgan fingerprint density at radius 3 is 2.88 bits per heavy atom. The van der Waals surface area contributed by atoms with E-state index in [2.05, 4.69) is 5.10 Å². The third-order valence-electron chi connectivity index (χ3n) is 2.41. The summed E-state index contributed by atoms with van der Waals surface area (Å²) in [5, 5.41) is 4.66. The van der Waals surface area contributed by atoms with E-state index in [1.54, 1.807) is 18.3 Å². The Hall–Kier alpha value is -1.61. The maximum atomic E-state index is 10.8. The smallest absolute Gasteiger partial charge is 0.151 e. The second kappa shape index (κ2) is 4.49. The molecule has 0 aliphatic heterocycles. The minimum absolute atomic E-state index is 0.474. The van der Waals surface area contributed by atoms with Gasteiger partial charge in [0.1, 0.15) is 0 Å². The second-order valence-electron chi connectivity index (χ2n) is 3.44. The Morgan fingerprint density at radius 1 is 1.44 bits per heavy atom. The molecule has 0 unspecified atom stereocenters. The van der Waals surface area contributed by atoms with Crippen molar-refractivity contribution in [2.45, 2.75) is 13.5 Å². The summed E-state index contributed by atoms with van der Waals surface area (Å²) < 4.78 is 1.84. The van der Waals surface area contributed by atoms with E-state index in [0.717, 1.165) is 24.0 Å². The van der Waals surface area contributed by atoms with Crippen molar-refractivity contribution in [3.8, 4) is 11.1 Å². The third kappa shape index (κ3) is 1.99. The molecule has 2 rings (SSSR count). The molecule has 2 aromatic rings. The number of aromatic nitrogens is 2. The summed E-state index contributed by atoms with van der Waals surface area (Å²) in [6, 6.07) is 5.38. The van der Waals surface area contributed by atoms with Crippen LogP contribution in [-0.4, -0.2) is 16.1 Å². The average Bonchev–Trinajstić information content (AvgIpc) is 2.78. The van der Waals surface area contributed by atoms with E-state index in [1.807, 2.05) is 23.9 Å². The van der Waals surface area contributed by atoms with Gasteiger partial charge in [0, 0.05) is 23.9 Å². The van der Waals surface area contributed by atoms with Crippen molar-refractivity contribution in [3.63, 3.8) is 0 Å². The van der Waals surface area contributed by atoms with E-state index in [1.165, 1.54) is 0 Å². The molecule has 0 atom stereocenters. The lowest BCUT2D eigenvalue weighted by atomic mass is 10.1. The van der Waals surface area contributed by atoms with Crippen molar-refractivity contribution in [2.75, 3.05) is 0 Å². The normalized spacial score (nSPS) is 10.4. The molecule has 1 aromatic carbocycles. The summed E-state index contributed by atoms with van der Waals surface area (Å²) in [5.41, 5.74) is 2.44. The number of aryl methyl sites for hydroxylation is 1. The number of carbonyl (C=O) groups excluding carboxylic acids is 1. The van der Waals surface area contributed by atoms with Crippen molar-refractivity contribution in [2.24, 2.45) is 0 Å². The third-order valence-corrected chi connectivity index (χ3v) is 2.76. The maximum Gasteiger partial charge on any atom is 0.151 e. The van der Waals surface area contributed by atoms with Crippen LogP contribution < -0.4 is 0 Å². The zero-order valence-corrected chi connectivity index (χ0v) is 9.61. The van der Waals surface area contributed by atoms with Gasteiger partial charge in [0.2, 0.25) is 0 Å². The molecule has 0 saturated carbocycles. The number of benzene rings is 1. The second-order valence-corrected chi connectivity index (χ2v) is 3.85. The molecular weight excluding hydrogens is 224 g/mol. The molecule has 82 valence electrons. The van der Waals surface area contributed by atoms with E-state index in [0.29, 0.717) is 10.6 Å². The Bertz CT molecular complexity index is 519. The summed E-state index contributed by atoms with van der Waals surface area (Å²) in [7, 11) is 0. The first kappa shape index (κ1) is 10.9. The van der Waals surface area contributed by atoms with Crippen LogP contribution in [0, 0.1) is 0 Å². The van der Waals surface area contributed by atoms with Crippen LogP contribution in [0.1, 0.15) is 17.3 Å². The van der Waals surface area contributed by atoms with E-state index >= 15 is 0 Å². The van der Waals surface area contributed by atoms with E-state index in [9.17, 15) is 4.79 Å². The van der Waals surface area contributed by atoms with Crippen LogP contribution in [0.4, 0.5) is 0 Å². The van der Waals surface area contributed by atoms with Crippen molar-refractivity contribution < 1.29 is 4.79 Å². The van der Waals surface area contributed by atoms with Crippen LogP contribution in [0.15, 0.2) is 30.6 Å². The topological polar surface area (TPSA) is 34.9 Å². The molecule has 1 aromatic heterocycles. The number of carbonyl (C=O) groups is 1. The minimum atomic E-state index is 0.474. The molecule has 0 saturated heterocycles. The molecule has 4 heteroatoms. The summed E-state index contributed by atoms with van der Waals surface area (Å²) in [6.07, 6.45) is 4.48. The fourth-order valence-corrected chi connectivity index (χ4v) is 1.66. The highest BCUT2D eigenvalue weighted by Crippen LogP contribution is 2.23. The predicted octanol–water partition coefficient (Wildman–Crippen LogP) is 3.04. The zero-order valence-electron chi connectivity index (χ0n) is 8.85. The van der Waals surface area contributed by atoms with Crippen molar-refractivity contribution in [1.82, 2.24) is 9.78 Å². The summed E-state index contributed by atoms with van der Waals surface area (Å²) >= 11 is 5.86. The number of hydrogen-bond donors (Lipinski definition) is 0. The molecule has 0 N–H and O–H groups in total. The van der Waals surface area contributed by atoms with Gasteiger partial charge in [-0.25, -0.2) is 0 Å². The molecule has 16 heavy (non-hydrogen) atoms. The number of rotatable bonds is 3. The Morgan fingerprint density at radius 2 is 2.25 bits per heavy atom. The zero-order chi connectivity index (χ0) is 11.5. The SMILES string of the molecule is CCn1cc(-c2ccc(Cl)c(C=O)c2)cn1. The van der Waals surface area contributed by atoms with Crippen molar-refractivity contribution in [1.29, 1.82) is 0 Å². The molecular formula is C12H11ClN2O. The molecule has 0 amide bonds. The fraction of sp³-hybridized carbons (Fsp3) is 0.167. The van der Waals surface area contributed by atoms with E-state index < -0.39 is 0 Å². The standard InChI is InChI=1S/C12H11ClN2O/c1-2-15-7-11(6-14-15)9-3-4-12(13)10(5-9)8-16/h3-8H,2H2,1H3. The summed E-state index contributed by atoms with van der Waals surface area (Å²) in [5.74, 6) is 0. The largest absolute Gasteiger partial charge is 0.298 e. The van der Waals surface area contributed by atoms with Crippen LogP contribution in [0.25, 0.3) is 11.1 Å². The molecule has 0 spiro atoms. The lowest BCUT2D eigenvalue weighted by Crippen LogP contribution is -1.92. The monoisotopic (exact) mass is 234 g/mol. The highest BCUT2D eigenvalue weighted by molar-refractivity contribution is 6.33. The average molecular weight is 235 g/mol. The first-order valence-corrected chi connectivity index (χ1v) is 5.40. The van der Waals surface area contributed by atoms with Gasteiger partial charge >= 0.3 is 0 Å². The van der Waals surface area contributed by atoms with Crippen LogP contribution in [0.2, 0.25) is 5.02 Å². The first-order valence-electron chi connectivity index (χ1n) is 5.02. The Kier molecular flexibility index (Phi) is 3.06. The van der Waals surface area contributed by atoms with Gasteiger partial charge < -0.3 is 0 Å². The summed E-state index contributed by atoms with van der Waals surface area (Å²) in [4.78, 5) is 10.8. The highest BCUT2D eigenvalue weighted by atomic mass is 35.5. The van der Waals surface area contributed by atoms with Gasteiger partial charge in [0.15, 0.2) is 6.29 Å². The molecule has 0 radical (unpaired) electrons. The van der Waals surface area contributed by atoms with Crippen molar-refractivity contribution >= 4 is 17.9 Å². The minimum Gasteiger partial charge on any atom is -0.298 e. The number of halogens is 1. The molecule has 1 heterocycles. The van der Waals surface area contributed by atoms with Gasteiger partial charge in [0.25, 0.3) is 0 Å². The van der Waals surface area contributed by atoms with Crippen LogP contribution in [0.5, 0.6) is 0 Å². The van der Waals surface area contributed by atoms with Gasteiger partial charge in [0.05, 0.1) is 11.2 Å². The molecule has 0 bridgehead atoms. The molecule has 0 aliphatic rings. The van der Waals surface area contributed by atoms with Gasteiger partial charge in [-0.3, -0.25) is 9.48 Å². The van der Waals surface area contributed by atoms with Crippen molar-refractivity contribution in [3.05, 3.63) is 41.2 Å². The fourth-order valence-electron chi connectivity index (χ4n) is 1.50. The van der Waals surface area contributed by atoms with Crippen LogP contribution in [-0.2, 0) is 6.54 Å². The van der Waals surface area contributed by atoms with E-state index in [-0.39, 0.29) is 0 Å². The van der Waals surface area contributed by atoms with Crippen LogP contribution in [0.3, 0.4) is 0 Å². The van der Waals surface area contributed by atoms with E-state index in [4.69, 9.17) is 11.6 Å². The number of hydrogen-bond acceptors (Lipinski definition) is 2.